The first-order valence-corrected chi connectivity index (χ1v) is 8.34. The van der Waals surface area contributed by atoms with Crippen LogP contribution in [0.25, 0.3) is 0 Å². The van der Waals surface area contributed by atoms with Crippen molar-refractivity contribution in [2.24, 2.45) is 4.99 Å². The topological polar surface area (TPSA) is 64.1 Å². The summed E-state index contributed by atoms with van der Waals surface area (Å²) in [5, 5.41) is 7.15. The number of benzene rings is 2. The molecule has 0 spiro atoms. The molecule has 0 radical (unpaired) electrons. The number of nitrogens with one attached hydrogen (secondary N) is 2. The summed E-state index contributed by atoms with van der Waals surface area (Å²) in [6.45, 7) is 1.96. The number of hydrogen-bond acceptors (Lipinski definition) is 4. The molecule has 0 atom stereocenters. The highest BCUT2D eigenvalue weighted by Gasteiger charge is 2.13. The molecule has 0 saturated heterocycles. The molecular weight excluding hydrogens is 469 g/mol. The number of rotatable bonds is 6. The number of fused-ring (bicyclic) bond motifs is 1. The van der Waals surface area contributed by atoms with Gasteiger partial charge in [-0.25, -0.2) is 0 Å². The zero-order chi connectivity index (χ0) is 17.5. The lowest BCUT2D eigenvalue weighted by Gasteiger charge is -2.13. The van der Waals surface area contributed by atoms with Gasteiger partial charge in [-0.1, -0.05) is 29.8 Å². The molecule has 8 heteroatoms. The molecule has 0 bridgehead atoms. The second kappa shape index (κ2) is 10.3. The zero-order valence-electron chi connectivity index (χ0n) is 14.3. The van der Waals surface area contributed by atoms with Crippen molar-refractivity contribution in [2.45, 2.75) is 6.54 Å². The summed E-state index contributed by atoms with van der Waals surface area (Å²) in [6.07, 6.45) is 0. The Morgan fingerprint density at radius 1 is 1.15 bits per heavy atom. The SMILES string of the molecule is CN=C(NCCOc1ccc2c(c1)OCO2)NCc1ccccc1Cl.I. The Hall–Kier alpha value is -1.87. The molecule has 6 nitrogen and oxygen atoms in total. The van der Waals surface area contributed by atoms with E-state index in [0.29, 0.717) is 31.4 Å². The molecular formula is C18H21ClIN3O3. The Bertz CT molecular complexity index is 758. The van der Waals surface area contributed by atoms with Crippen LogP contribution in [-0.2, 0) is 6.54 Å². The number of aliphatic imine (C=N–C) groups is 1. The predicted octanol–water partition coefficient (Wildman–Crippen LogP) is 3.43. The molecule has 140 valence electrons. The smallest absolute Gasteiger partial charge is 0.231 e. The van der Waals surface area contributed by atoms with E-state index in [0.717, 1.165) is 22.1 Å². The number of hydrogen-bond donors (Lipinski definition) is 2. The zero-order valence-corrected chi connectivity index (χ0v) is 17.4. The molecule has 0 amide bonds. The second-order valence-electron chi connectivity index (χ2n) is 5.31. The van der Waals surface area contributed by atoms with Gasteiger partial charge >= 0.3 is 0 Å². The van der Waals surface area contributed by atoms with Crippen molar-refractivity contribution in [3.63, 3.8) is 0 Å². The van der Waals surface area contributed by atoms with Gasteiger partial charge in [0.1, 0.15) is 12.4 Å². The third-order valence-corrected chi connectivity index (χ3v) is 4.00. The van der Waals surface area contributed by atoms with Crippen LogP contribution in [0.3, 0.4) is 0 Å². The van der Waals surface area contributed by atoms with E-state index in [-0.39, 0.29) is 30.8 Å². The van der Waals surface area contributed by atoms with Crippen LogP contribution in [0.1, 0.15) is 5.56 Å². The molecule has 0 fully saturated rings. The normalized spacial score (nSPS) is 12.3. The Morgan fingerprint density at radius 2 is 1.96 bits per heavy atom. The first-order valence-electron chi connectivity index (χ1n) is 7.96. The van der Waals surface area contributed by atoms with Gasteiger partial charge in [-0.05, 0) is 23.8 Å². The maximum absolute atomic E-state index is 6.15. The van der Waals surface area contributed by atoms with E-state index < -0.39 is 0 Å². The summed E-state index contributed by atoms with van der Waals surface area (Å²) < 4.78 is 16.3. The van der Waals surface area contributed by atoms with Gasteiger partial charge in [-0.15, -0.1) is 24.0 Å². The van der Waals surface area contributed by atoms with Crippen molar-refractivity contribution in [3.05, 3.63) is 53.1 Å². The van der Waals surface area contributed by atoms with Crippen molar-refractivity contribution in [1.82, 2.24) is 10.6 Å². The van der Waals surface area contributed by atoms with E-state index in [1.54, 1.807) is 7.05 Å². The van der Waals surface area contributed by atoms with Crippen LogP contribution in [0.15, 0.2) is 47.5 Å². The van der Waals surface area contributed by atoms with Crippen LogP contribution in [0.5, 0.6) is 17.2 Å². The van der Waals surface area contributed by atoms with Crippen molar-refractivity contribution < 1.29 is 14.2 Å². The third-order valence-electron chi connectivity index (χ3n) is 3.63. The predicted molar refractivity (Wildman–Crippen MR) is 113 cm³/mol. The second-order valence-corrected chi connectivity index (χ2v) is 5.71. The Morgan fingerprint density at radius 3 is 2.77 bits per heavy atom. The molecule has 2 aromatic rings. The molecule has 2 N–H and O–H groups in total. The Labute approximate surface area is 174 Å². The van der Waals surface area contributed by atoms with Crippen LogP contribution < -0.4 is 24.8 Å². The van der Waals surface area contributed by atoms with Gasteiger partial charge < -0.3 is 24.8 Å². The summed E-state index contributed by atoms with van der Waals surface area (Å²) in [4.78, 5) is 4.18. The van der Waals surface area contributed by atoms with Gasteiger partial charge in [0.25, 0.3) is 0 Å². The number of ether oxygens (including phenoxy) is 3. The number of nitrogens with zero attached hydrogens (tertiary/aromatic N) is 1. The fraction of sp³-hybridized carbons (Fsp3) is 0.278. The quantitative estimate of drug-likeness (QED) is 0.282. The van der Waals surface area contributed by atoms with Crippen molar-refractivity contribution in [1.29, 1.82) is 0 Å². The molecule has 1 aliphatic rings. The minimum atomic E-state index is 0. The molecule has 26 heavy (non-hydrogen) atoms. The van der Waals surface area contributed by atoms with Gasteiger partial charge in [0.15, 0.2) is 17.5 Å². The highest BCUT2D eigenvalue weighted by Crippen LogP contribution is 2.34. The number of guanidine groups is 1. The fourth-order valence-corrected chi connectivity index (χ4v) is 2.55. The molecule has 1 aliphatic heterocycles. The first kappa shape index (κ1) is 20.4. The summed E-state index contributed by atoms with van der Waals surface area (Å²) in [5.41, 5.74) is 1.02. The number of halogens is 2. The lowest BCUT2D eigenvalue weighted by atomic mass is 10.2. The minimum absolute atomic E-state index is 0. The van der Waals surface area contributed by atoms with Gasteiger partial charge in [0.2, 0.25) is 6.79 Å². The molecule has 0 aliphatic carbocycles. The highest BCUT2D eigenvalue weighted by atomic mass is 127. The van der Waals surface area contributed by atoms with Gasteiger partial charge in [0.05, 0.1) is 6.54 Å². The molecule has 0 aromatic heterocycles. The monoisotopic (exact) mass is 489 g/mol. The molecule has 2 aromatic carbocycles. The third kappa shape index (κ3) is 5.57. The van der Waals surface area contributed by atoms with E-state index in [9.17, 15) is 0 Å². The average Bonchev–Trinajstić information content (AvgIpc) is 3.10. The van der Waals surface area contributed by atoms with E-state index in [1.165, 1.54) is 0 Å². The van der Waals surface area contributed by atoms with Gasteiger partial charge in [0, 0.05) is 24.7 Å². The van der Waals surface area contributed by atoms with E-state index in [1.807, 2.05) is 42.5 Å². The van der Waals surface area contributed by atoms with Crippen LogP contribution >= 0.6 is 35.6 Å². The molecule has 0 saturated carbocycles. The average molecular weight is 490 g/mol. The Kier molecular flexibility index (Phi) is 8.11. The molecule has 1 heterocycles. The lowest BCUT2D eigenvalue weighted by Crippen LogP contribution is -2.38. The maximum atomic E-state index is 6.15. The molecule has 0 unspecified atom stereocenters. The van der Waals surface area contributed by atoms with Crippen LogP contribution in [0.4, 0.5) is 0 Å². The first-order chi connectivity index (χ1) is 12.3. The van der Waals surface area contributed by atoms with E-state index in [2.05, 4.69) is 15.6 Å². The lowest BCUT2D eigenvalue weighted by molar-refractivity contribution is 0.173. The summed E-state index contributed by atoms with van der Waals surface area (Å²) in [6, 6.07) is 13.2. The van der Waals surface area contributed by atoms with Crippen molar-refractivity contribution >= 4 is 41.5 Å². The van der Waals surface area contributed by atoms with E-state index in [4.69, 9.17) is 25.8 Å². The van der Waals surface area contributed by atoms with Crippen molar-refractivity contribution in [3.8, 4) is 17.2 Å². The van der Waals surface area contributed by atoms with Crippen LogP contribution in [0, 0.1) is 0 Å². The largest absolute Gasteiger partial charge is 0.492 e. The highest BCUT2D eigenvalue weighted by molar-refractivity contribution is 14.0. The summed E-state index contributed by atoms with van der Waals surface area (Å²) >= 11 is 6.15. The summed E-state index contributed by atoms with van der Waals surface area (Å²) in [7, 11) is 1.72. The van der Waals surface area contributed by atoms with E-state index >= 15 is 0 Å². The van der Waals surface area contributed by atoms with Gasteiger partial charge in [-0.2, -0.15) is 0 Å². The van der Waals surface area contributed by atoms with Gasteiger partial charge in [-0.3, -0.25) is 4.99 Å². The van der Waals surface area contributed by atoms with Crippen LogP contribution in [0.2, 0.25) is 5.02 Å². The minimum Gasteiger partial charge on any atom is -0.492 e. The standard InChI is InChI=1S/C18H20ClN3O3.HI/c1-20-18(22-11-13-4-2-3-5-15(13)19)21-8-9-23-14-6-7-16-17(10-14)25-12-24-16;/h2-7,10H,8-9,11-12H2,1H3,(H2,20,21,22);1H. The van der Waals surface area contributed by atoms with Crippen molar-refractivity contribution in [2.75, 3.05) is 27.0 Å². The molecule has 3 rings (SSSR count). The maximum Gasteiger partial charge on any atom is 0.231 e. The summed E-state index contributed by atoms with van der Waals surface area (Å²) in [5.74, 6) is 2.89. The fourth-order valence-electron chi connectivity index (χ4n) is 2.35. The Balaban J connectivity index is 0.00000243. The van der Waals surface area contributed by atoms with Crippen LogP contribution in [-0.4, -0.2) is 33.0 Å².